The van der Waals surface area contributed by atoms with Crippen molar-refractivity contribution in [1.29, 1.82) is 5.26 Å². The molecule has 0 spiro atoms. The Morgan fingerprint density at radius 1 is 1.07 bits per heavy atom. The number of hydrogen-bond acceptors (Lipinski definition) is 8. The van der Waals surface area contributed by atoms with Crippen molar-refractivity contribution in [2.24, 2.45) is 0 Å². The maximum Gasteiger partial charge on any atom is 0.249 e. The van der Waals surface area contributed by atoms with Crippen LogP contribution in [0.4, 0.5) is 30.2 Å². The number of pyridine rings is 2. The monoisotopic (exact) mass is 560 g/mol. The fourth-order valence-corrected chi connectivity index (χ4v) is 4.95. The van der Waals surface area contributed by atoms with Crippen LogP contribution in [0.5, 0.6) is 0 Å². The Labute approximate surface area is 233 Å². The van der Waals surface area contributed by atoms with Crippen LogP contribution in [0.15, 0.2) is 66.8 Å². The number of rotatable bonds is 7. The summed E-state index contributed by atoms with van der Waals surface area (Å²) in [5.74, 6) is -2.73. The number of nitriles is 1. The first-order chi connectivity index (χ1) is 19.2. The van der Waals surface area contributed by atoms with Gasteiger partial charge in [0.05, 0.1) is 44.8 Å². The van der Waals surface area contributed by atoms with Gasteiger partial charge < -0.3 is 16.1 Å². The molecule has 3 heterocycles. The predicted octanol–water partition coefficient (Wildman–Crippen LogP) is 4.54. The van der Waals surface area contributed by atoms with Crippen molar-refractivity contribution in [3.8, 4) is 6.07 Å². The number of halogens is 4. The third kappa shape index (κ3) is 4.74. The van der Waals surface area contributed by atoms with Crippen molar-refractivity contribution in [3.63, 3.8) is 0 Å². The highest BCUT2D eigenvalue weighted by Gasteiger charge is 2.38. The van der Waals surface area contributed by atoms with E-state index in [4.69, 9.17) is 11.6 Å². The molecule has 6 rings (SSSR count). The van der Waals surface area contributed by atoms with Crippen LogP contribution >= 0.6 is 11.6 Å². The second kappa shape index (κ2) is 9.93. The van der Waals surface area contributed by atoms with Gasteiger partial charge in [-0.2, -0.15) is 9.65 Å². The molecule has 1 saturated carbocycles. The number of nitrogens with one attached hydrogen (secondary N) is 4. The highest BCUT2D eigenvalue weighted by atomic mass is 35.5. The molecule has 2 aromatic heterocycles. The van der Waals surface area contributed by atoms with Crippen LogP contribution in [0.2, 0.25) is 5.02 Å². The van der Waals surface area contributed by atoms with E-state index in [9.17, 15) is 18.4 Å². The Balaban J connectivity index is 1.45. The Hall–Kier alpha value is -4.47. The molecule has 13 heteroatoms. The minimum Gasteiger partial charge on any atom is -0.378 e. The lowest BCUT2D eigenvalue weighted by Gasteiger charge is -2.34. The molecule has 2 aromatic carbocycles. The molecule has 40 heavy (non-hydrogen) atoms. The SMILES string of the molecule is BC(Nc1cc(Cl)c2ncc(C#N)c(Nc3cnc(F)c(F)c3)c2c1)(C1=CN(C2CC2)NN1)c1ccc(F)cc1. The molecule has 1 fully saturated rings. The molecule has 1 aliphatic carbocycles. The van der Waals surface area contributed by atoms with E-state index < -0.39 is 17.2 Å². The maximum absolute atomic E-state index is 13.9. The molecule has 0 saturated heterocycles. The summed E-state index contributed by atoms with van der Waals surface area (Å²) >= 11 is 6.67. The predicted molar refractivity (Wildman–Crippen MR) is 148 cm³/mol. The van der Waals surface area contributed by atoms with Crippen LogP contribution in [0.1, 0.15) is 24.0 Å². The fourth-order valence-electron chi connectivity index (χ4n) is 4.68. The fraction of sp³-hybridized carbons (Fsp3) is 0.148. The van der Waals surface area contributed by atoms with Crippen LogP contribution in [-0.4, -0.2) is 28.9 Å². The summed E-state index contributed by atoms with van der Waals surface area (Å²) in [6.07, 6.45) is 6.62. The molecular formula is C27H21BClF3N8. The molecule has 4 N–H and O–H groups in total. The molecule has 0 amide bonds. The van der Waals surface area contributed by atoms with Gasteiger partial charge in [-0.15, -0.1) is 5.53 Å². The van der Waals surface area contributed by atoms with E-state index >= 15 is 0 Å². The summed E-state index contributed by atoms with van der Waals surface area (Å²) in [7, 11) is 1.95. The van der Waals surface area contributed by atoms with Crippen molar-refractivity contribution in [3.05, 3.63) is 100 Å². The van der Waals surface area contributed by atoms with Gasteiger partial charge in [0.25, 0.3) is 0 Å². The molecule has 8 nitrogen and oxygen atoms in total. The molecule has 2 aliphatic rings. The molecule has 0 radical (unpaired) electrons. The highest BCUT2D eigenvalue weighted by Crippen LogP contribution is 2.38. The van der Waals surface area contributed by atoms with Gasteiger partial charge in [-0.25, -0.2) is 13.8 Å². The van der Waals surface area contributed by atoms with E-state index in [0.717, 1.165) is 36.4 Å². The highest BCUT2D eigenvalue weighted by molar-refractivity contribution is 6.36. The van der Waals surface area contributed by atoms with Crippen LogP contribution in [0, 0.1) is 28.9 Å². The van der Waals surface area contributed by atoms with Crippen molar-refractivity contribution < 1.29 is 13.2 Å². The zero-order valence-electron chi connectivity index (χ0n) is 21.1. The quantitative estimate of drug-likeness (QED) is 0.193. The van der Waals surface area contributed by atoms with Gasteiger partial charge in [0.1, 0.15) is 19.7 Å². The van der Waals surface area contributed by atoms with Gasteiger partial charge in [0, 0.05) is 35.6 Å². The van der Waals surface area contributed by atoms with Gasteiger partial charge in [-0.1, -0.05) is 23.7 Å². The number of anilines is 3. The lowest BCUT2D eigenvalue weighted by Crippen LogP contribution is -2.45. The Bertz CT molecular complexity index is 1710. The summed E-state index contributed by atoms with van der Waals surface area (Å²) in [4.78, 5) is 7.76. The number of aromatic nitrogens is 2. The van der Waals surface area contributed by atoms with Crippen molar-refractivity contribution >= 4 is 47.4 Å². The Morgan fingerprint density at radius 3 is 2.55 bits per heavy atom. The number of hydrogen-bond donors (Lipinski definition) is 4. The molecule has 0 bridgehead atoms. The minimum atomic E-state index is -1.23. The van der Waals surface area contributed by atoms with Crippen molar-refractivity contribution in [2.75, 3.05) is 10.6 Å². The third-order valence-corrected chi connectivity index (χ3v) is 7.28. The van der Waals surface area contributed by atoms with E-state index in [1.807, 2.05) is 19.1 Å². The summed E-state index contributed by atoms with van der Waals surface area (Å²) in [5, 5.41) is 19.0. The van der Waals surface area contributed by atoms with Gasteiger partial charge in [0.15, 0.2) is 5.82 Å². The van der Waals surface area contributed by atoms with Crippen LogP contribution in [-0.2, 0) is 5.44 Å². The van der Waals surface area contributed by atoms with Crippen LogP contribution in [0.25, 0.3) is 10.9 Å². The average molecular weight is 561 g/mol. The van der Waals surface area contributed by atoms with Gasteiger partial charge in [-0.05, 0) is 42.7 Å². The number of hydrazine groups is 2. The zero-order valence-corrected chi connectivity index (χ0v) is 21.8. The van der Waals surface area contributed by atoms with Crippen LogP contribution < -0.4 is 21.6 Å². The van der Waals surface area contributed by atoms with Gasteiger partial charge in [-0.3, -0.25) is 9.99 Å². The van der Waals surface area contributed by atoms with E-state index in [1.165, 1.54) is 18.3 Å². The molecule has 1 unspecified atom stereocenters. The summed E-state index contributed by atoms with van der Waals surface area (Å²) in [6, 6.07) is 13.1. The third-order valence-electron chi connectivity index (χ3n) is 6.99. The van der Waals surface area contributed by atoms with Gasteiger partial charge in [0.2, 0.25) is 5.95 Å². The summed E-state index contributed by atoms with van der Waals surface area (Å²) < 4.78 is 41.1. The summed E-state index contributed by atoms with van der Waals surface area (Å²) in [6.45, 7) is 0. The Morgan fingerprint density at radius 2 is 1.85 bits per heavy atom. The number of fused-ring (bicyclic) bond motifs is 1. The second-order valence-electron chi connectivity index (χ2n) is 9.81. The standard InChI is InChI=1S/C27H21BClF3N8/c28-27(15-1-3-16(30)4-2-15,23-13-40(39-38-23)19-5-6-19)37-17-7-20-24(36-18-9-22(31)26(32)35-12-18)14(10-33)11-34-25(20)21(29)8-17/h1-4,7-9,11-13,19,37-39H,5-6,28H2,(H,34,36). The van der Waals surface area contributed by atoms with E-state index in [-0.39, 0.29) is 17.1 Å². The van der Waals surface area contributed by atoms with Crippen molar-refractivity contribution in [1.82, 2.24) is 25.9 Å². The smallest absolute Gasteiger partial charge is 0.249 e. The molecule has 4 aromatic rings. The maximum atomic E-state index is 13.9. The summed E-state index contributed by atoms with van der Waals surface area (Å²) in [5.41, 5.74) is 8.66. The molecule has 1 atom stereocenters. The zero-order chi connectivity index (χ0) is 28.0. The first kappa shape index (κ1) is 25.8. The first-order valence-corrected chi connectivity index (χ1v) is 12.8. The normalized spacial score (nSPS) is 16.2. The largest absolute Gasteiger partial charge is 0.378 e. The van der Waals surface area contributed by atoms with Crippen molar-refractivity contribution in [2.45, 2.75) is 24.3 Å². The van der Waals surface area contributed by atoms with E-state index in [1.54, 1.807) is 24.3 Å². The second-order valence-corrected chi connectivity index (χ2v) is 10.2. The molecule has 200 valence electrons. The topological polar surface area (TPSA) is 101 Å². The number of benzene rings is 2. The average Bonchev–Trinajstić information content (AvgIpc) is 3.67. The Kier molecular flexibility index (Phi) is 6.40. The molecule has 1 aliphatic heterocycles. The van der Waals surface area contributed by atoms with E-state index in [2.05, 4.69) is 37.6 Å². The lowest BCUT2D eigenvalue weighted by molar-refractivity contribution is 0.260. The lowest BCUT2D eigenvalue weighted by atomic mass is 9.69. The van der Waals surface area contributed by atoms with Crippen LogP contribution in [0.3, 0.4) is 0 Å². The number of nitrogens with zero attached hydrogens (tertiary/aromatic N) is 4. The van der Waals surface area contributed by atoms with E-state index in [0.29, 0.717) is 33.3 Å². The van der Waals surface area contributed by atoms with Gasteiger partial charge >= 0.3 is 0 Å². The molecular weight excluding hydrogens is 540 g/mol. The minimum absolute atomic E-state index is 0.139. The first-order valence-electron chi connectivity index (χ1n) is 12.4.